The summed E-state index contributed by atoms with van der Waals surface area (Å²) < 4.78 is 38.1. The number of carbonyl (C=O) groups is 1. The number of nitriles is 1. The van der Waals surface area contributed by atoms with Crippen LogP contribution in [0.2, 0.25) is 0 Å². The standard InChI is InChI=1S/C12H11F3N4O/c13-12(14,15)9-3-7(5-16)4-10(18-9)19-2-1-8(6-19)11(17)20/h3-4,8H,1-2,6H2,(H2,17,20). The highest BCUT2D eigenvalue weighted by Crippen LogP contribution is 2.31. The van der Waals surface area contributed by atoms with Crippen molar-refractivity contribution in [1.29, 1.82) is 5.26 Å². The van der Waals surface area contributed by atoms with Crippen LogP contribution in [0.5, 0.6) is 0 Å². The van der Waals surface area contributed by atoms with Crippen molar-refractivity contribution in [2.45, 2.75) is 12.6 Å². The van der Waals surface area contributed by atoms with Crippen molar-refractivity contribution in [3.05, 3.63) is 23.4 Å². The van der Waals surface area contributed by atoms with Crippen molar-refractivity contribution in [3.8, 4) is 6.07 Å². The van der Waals surface area contributed by atoms with Crippen molar-refractivity contribution in [1.82, 2.24) is 4.98 Å². The van der Waals surface area contributed by atoms with Crippen LogP contribution in [0.4, 0.5) is 19.0 Å². The predicted molar refractivity (Wildman–Crippen MR) is 63.5 cm³/mol. The zero-order valence-corrected chi connectivity index (χ0v) is 10.3. The van der Waals surface area contributed by atoms with E-state index in [4.69, 9.17) is 11.0 Å². The highest BCUT2D eigenvalue weighted by atomic mass is 19.4. The number of primary amides is 1. The Hall–Kier alpha value is -2.30. The molecule has 8 heteroatoms. The SMILES string of the molecule is N#Cc1cc(N2CCC(C(N)=O)C2)nc(C(F)(F)F)c1. The summed E-state index contributed by atoms with van der Waals surface area (Å²) in [4.78, 5) is 16.1. The van der Waals surface area contributed by atoms with Gasteiger partial charge in [0.15, 0.2) is 0 Å². The number of anilines is 1. The van der Waals surface area contributed by atoms with Gasteiger partial charge >= 0.3 is 6.18 Å². The minimum Gasteiger partial charge on any atom is -0.369 e. The number of rotatable bonds is 2. The smallest absolute Gasteiger partial charge is 0.369 e. The molecular formula is C12H11F3N4O. The zero-order valence-electron chi connectivity index (χ0n) is 10.3. The van der Waals surface area contributed by atoms with Gasteiger partial charge in [-0.1, -0.05) is 0 Å². The molecule has 1 aliphatic rings. The fraction of sp³-hybridized carbons (Fsp3) is 0.417. The first-order valence-electron chi connectivity index (χ1n) is 5.85. The summed E-state index contributed by atoms with van der Waals surface area (Å²) >= 11 is 0. The van der Waals surface area contributed by atoms with Crippen LogP contribution in [0.15, 0.2) is 12.1 Å². The summed E-state index contributed by atoms with van der Waals surface area (Å²) in [5.74, 6) is -0.850. The van der Waals surface area contributed by atoms with Gasteiger partial charge in [0.25, 0.3) is 0 Å². The molecule has 2 N–H and O–H groups in total. The first-order valence-corrected chi connectivity index (χ1v) is 5.85. The van der Waals surface area contributed by atoms with E-state index >= 15 is 0 Å². The van der Waals surface area contributed by atoms with Crippen LogP contribution < -0.4 is 10.6 Å². The topological polar surface area (TPSA) is 83.0 Å². The predicted octanol–water partition coefficient (Wildman–Crippen LogP) is 1.28. The lowest BCUT2D eigenvalue weighted by Crippen LogP contribution is -2.28. The third kappa shape index (κ3) is 2.82. The molecule has 0 aliphatic carbocycles. The molecule has 0 bridgehead atoms. The molecule has 1 unspecified atom stereocenters. The first kappa shape index (κ1) is 14.1. The first-order chi connectivity index (χ1) is 9.31. The van der Waals surface area contributed by atoms with Crippen LogP contribution in [0.1, 0.15) is 17.7 Å². The van der Waals surface area contributed by atoms with Crippen LogP contribution in [-0.4, -0.2) is 24.0 Å². The number of halogens is 3. The van der Waals surface area contributed by atoms with E-state index in [-0.39, 0.29) is 17.9 Å². The largest absolute Gasteiger partial charge is 0.433 e. The lowest BCUT2D eigenvalue weighted by Gasteiger charge is -2.18. The normalized spacial score (nSPS) is 18.9. The summed E-state index contributed by atoms with van der Waals surface area (Å²) in [5.41, 5.74) is 3.94. The molecule has 1 saturated heterocycles. The van der Waals surface area contributed by atoms with E-state index < -0.39 is 23.7 Å². The van der Waals surface area contributed by atoms with Gasteiger partial charge in [0, 0.05) is 13.1 Å². The Bertz CT molecular complexity index is 579. The number of alkyl halides is 3. The third-order valence-corrected chi connectivity index (χ3v) is 3.15. The van der Waals surface area contributed by atoms with Crippen molar-refractivity contribution >= 4 is 11.7 Å². The minimum atomic E-state index is -4.62. The molecule has 2 heterocycles. The summed E-state index contributed by atoms with van der Waals surface area (Å²) in [5, 5.41) is 8.80. The molecule has 1 fully saturated rings. The van der Waals surface area contributed by atoms with E-state index in [0.29, 0.717) is 19.0 Å². The number of hydrogen-bond donors (Lipinski definition) is 1. The minimum absolute atomic E-state index is 0.0418. The fourth-order valence-corrected chi connectivity index (χ4v) is 2.09. The Labute approximate surface area is 112 Å². The summed E-state index contributed by atoms with van der Waals surface area (Å²) in [6, 6.07) is 3.65. The van der Waals surface area contributed by atoms with Crippen molar-refractivity contribution < 1.29 is 18.0 Å². The van der Waals surface area contributed by atoms with Crippen LogP contribution in [0.25, 0.3) is 0 Å². The average Bonchev–Trinajstić information content (AvgIpc) is 2.87. The number of nitrogens with zero attached hydrogens (tertiary/aromatic N) is 3. The summed E-state index contributed by atoms with van der Waals surface area (Å²) in [6.45, 7) is 0.599. The maximum absolute atomic E-state index is 12.7. The molecule has 0 spiro atoms. The molecule has 1 amide bonds. The lowest BCUT2D eigenvalue weighted by atomic mass is 10.1. The van der Waals surface area contributed by atoms with Gasteiger partial charge in [-0.3, -0.25) is 4.79 Å². The molecule has 2 rings (SSSR count). The second kappa shape index (κ2) is 5.00. The monoisotopic (exact) mass is 284 g/mol. The Kier molecular flexibility index (Phi) is 3.53. The number of hydrogen-bond acceptors (Lipinski definition) is 4. The molecule has 1 atom stereocenters. The van der Waals surface area contributed by atoms with Gasteiger partial charge in [-0.05, 0) is 18.6 Å². The molecule has 1 aromatic rings. The van der Waals surface area contributed by atoms with Gasteiger partial charge in [-0.25, -0.2) is 4.98 Å². The molecule has 0 radical (unpaired) electrons. The van der Waals surface area contributed by atoms with Crippen molar-refractivity contribution in [2.75, 3.05) is 18.0 Å². The van der Waals surface area contributed by atoms with Gasteiger partial charge in [0.05, 0.1) is 17.6 Å². The fourth-order valence-electron chi connectivity index (χ4n) is 2.09. The molecule has 20 heavy (non-hydrogen) atoms. The quantitative estimate of drug-likeness (QED) is 0.886. The average molecular weight is 284 g/mol. The van der Waals surface area contributed by atoms with E-state index in [9.17, 15) is 18.0 Å². The maximum Gasteiger partial charge on any atom is 0.433 e. The van der Waals surface area contributed by atoms with Crippen LogP contribution in [0.3, 0.4) is 0 Å². The Morgan fingerprint density at radius 3 is 2.70 bits per heavy atom. The van der Waals surface area contributed by atoms with Crippen LogP contribution in [-0.2, 0) is 11.0 Å². The second-order valence-corrected chi connectivity index (χ2v) is 4.54. The van der Waals surface area contributed by atoms with E-state index in [1.165, 1.54) is 11.0 Å². The van der Waals surface area contributed by atoms with Gasteiger partial charge in [0.2, 0.25) is 5.91 Å². The van der Waals surface area contributed by atoms with E-state index in [1.54, 1.807) is 6.07 Å². The zero-order chi connectivity index (χ0) is 14.9. The van der Waals surface area contributed by atoms with Gasteiger partial charge in [0.1, 0.15) is 11.5 Å². The number of carbonyl (C=O) groups excluding carboxylic acids is 1. The molecule has 1 aromatic heterocycles. The lowest BCUT2D eigenvalue weighted by molar-refractivity contribution is -0.141. The van der Waals surface area contributed by atoms with Gasteiger partial charge in [-0.2, -0.15) is 18.4 Å². The van der Waals surface area contributed by atoms with Crippen molar-refractivity contribution in [3.63, 3.8) is 0 Å². The highest BCUT2D eigenvalue weighted by Gasteiger charge is 2.35. The van der Waals surface area contributed by atoms with Gasteiger partial charge in [-0.15, -0.1) is 0 Å². The van der Waals surface area contributed by atoms with E-state index in [2.05, 4.69) is 4.98 Å². The Morgan fingerprint density at radius 2 is 2.20 bits per heavy atom. The highest BCUT2D eigenvalue weighted by molar-refractivity contribution is 5.78. The van der Waals surface area contributed by atoms with Gasteiger partial charge < -0.3 is 10.6 Å². The van der Waals surface area contributed by atoms with E-state index in [1.807, 2.05) is 0 Å². The third-order valence-electron chi connectivity index (χ3n) is 3.15. The molecule has 0 saturated carbocycles. The van der Waals surface area contributed by atoms with Crippen LogP contribution >= 0.6 is 0 Å². The number of nitrogens with two attached hydrogens (primary N) is 1. The summed E-state index contributed by atoms with van der Waals surface area (Å²) in [6.07, 6.45) is -4.15. The molecular weight excluding hydrogens is 273 g/mol. The number of aromatic nitrogens is 1. The second-order valence-electron chi connectivity index (χ2n) is 4.54. The molecule has 5 nitrogen and oxygen atoms in total. The molecule has 106 valence electrons. The Balaban J connectivity index is 2.33. The maximum atomic E-state index is 12.7. The number of pyridine rings is 1. The van der Waals surface area contributed by atoms with E-state index in [0.717, 1.165) is 0 Å². The Morgan fingerprint density at radius 1 is 1.50 bits per heavy atom. The number of amides is 1. The molecule has 1 aliphatic heterocycles. The van der Waals surface area contributed by atoms with Crippen LogP contribution in [0, 0.1) is 17.2 Å². The van der Waals surface area contributed by atoms with Crippen molar-refractivity contribution in [2.24, 2.45) is 11.7 Å². The molecule has 0 aromatic carbocycles. The summed E-state index contributed by atoms with van der Waals surface area (Å²) in [7, 11) is 0.